The summed E-state index contributed by atoms with van der Waals surface area (Å²) in [4.78, 5) is 12.1. The molecule has 7 heteroatoms. The molecule has 0 spiro atoms. The highest BCUT2D eigenvalue weighted by atomic mass is 35.5. The Kier molecular flexibility index (Phi) is 4.91. The van der Waals surface area contributed by atoms with Gasteiger partial charge in [-0.2, -0.15) is 0 Å². The van der Waals surface area contributed by atoms with Gasteiger partial charge in [-0.05, 0) is 12.6 Å². The quantitative estimate of drug-likeness (QED) is 0.896. The molecule has 1 aliphatic rings. The van der Waals surface area contributed by atoms with E-state index in [1.54, 1.807) is 0 Å². The molecule has 4 nitrogen and oxygen atoms in total. The number of carbonyl (C=O) groups is 1. The van der Waals surface area contributed by atoms with Crippen LogP contribution in [-0.2, 0) is 9.53 Å². The summed E-state index contributed by atoms with van der Waals surface area (Å²) < 4.78 is 31.8. The van der Waals surface area contributed by atoms with Gasteiger partial charge in [-0.15, -0.1) is 0 Å². The SMILES string of the molecule is CCNC1COCC1C(=O)Nc1c(F)cc(F)cc1Cl. The fourth-order valence-corrected chi connectivity index (χ4v) is 2.40. The molecule has 0 aliphatic carbocycles. The smallest absolute Gasteiger partial charge is 0.231 e. The molecule has 1 aromatic carbocycles. The van der Waals surface area contributed by atoms with Gasteiger partial charge in [-0.25, -0.2) is 8.78 Å². The number of amides is 1. The maximum absolute atomic E-state index is 13.6. The van der Waals surface area contributed by atoms with E-state index >= 15 is 0 Å². The van der Waals surface area contributed by atoms with Crippen molar-refractivity contribution in [3.05, 3.63) is 28.8 Å². The van der Waals surface area contributed by atoms with Crippen molar-refractivity contribution in [3.8, 4) is 0 Å². The van der Waals surface area contributed by atoms with Gasteiger partial charge in [0.15, 0.2) is 5.82 Å². The zero-order chi connectivity index (χ0) is 14.7. The minimum atomic E-state index is -0.901. The van der Waals surface area contributed by atoms with E-state index in [4.69, 9.17) is 16.3 Å². The summed E-state index contributed by atoms with van der Waals surface area (Å²) in [5.41, 5.74) is -0.208. The number of likely N-dealkylation sites (N-methyl/N-ethyl adjacent to an activating group) is 1. The molecule has 0 saturated carbocycles. The molecule has 1 aliphatic heterocycles. The van der Waals surface area contributed by atoms with E-state index in [0.717, 1.165) is 6.07 Å². The largest absolute Gasteiger partial charge is 0.379 e. The molecule has 1 amide bonds. The zero-order valence-corrected chi connectivity index (χ0v) is 11.6. The van der Waals surface area contributed by atoms with Gasteiger partial charge in [-0.1, -0.05) is 18.5 Å². The van der Waals surface area contributed by atoms with Crippen molar-refractivity contribution in [1.82, 2.24) is 5.32 Å². The summed E-state index contributed by atoms with van der Waals surface area (Å²) in [5, 5.41) is 5.36. The number of hydrogen-bond acceptors (Lipinski definition) is 3. The third-order valence-electron chi connectivity index (χ3n) is 3.14. The fraction of sp³-hybridized carbons (Fsp3) is 0.462. The molecular formula is C13H15ClF2N2O2. The van der Waals surface area contributed by atoms with Crippen molar-refractivity contribution in [2.24, 2.45) is 5.92 Å². The summed E-state index contributed by atoms with van der Waals surface area (Å²) in [6.45, 7) is 3.29. The van der Waals surface area contributed by atoms with Gasteiger partial charge in [0.1, 0.15) is 5.82 Å². The lowest BCUT2D eigenvalue weighted by molar-refractivity contribution is -0.120. The van der Waals surface area contributed by atoms with Crippen LogP contribution in [0.25, 0.3) is 0 Å². The molecule has 2 unspecified atom stereocenters. The van der Waals surface area contributed by atoms with E-state index in [1.807, 2.05) is 6.92 Å². The van der Waals surface area contributed by atoms with Crippen LogP contribution in [0, 0.1) is 17.6 Å². The minimum Gasteiger partial charge on any atom is -0.379 e. The standard InChI is InChI=1S/C13H15ClF2N2O2/c1-2-17-11-6-20-5-8(11)13(19)18-12-9(14)3-7(15)4-10(12)16/h3-4,8,11,17H,2,5-6H2,1H3,(H,18,19). The molecule has 20 heavy (non-hydrogen) atoms. The average molecular weight is 305 g/mol. The van der Waals surface area contributed by atoms with E-state index in [0.29, 0.717) is 19.2 Å². The first-order valence-corrected chi connectivity index (χ1v) is 6.67. The highest BCUT2D eigenvalue weighted by Crippen LogP contribution is 2.27. The van der Waals surface area contributed by atoms with Crippen LogP contribution in [0.1, 0.15) is 6.92 Å². The zero-order valence-electron chi connectivity index (χ0n) is 10.9. The van der Waals surface area contributed by atoms with E-state index in [1.165, 1.54) is 0 Å². The van der Waals surface area contributed by atoms with E-state index in [-0.39, 0.29) is 23.4 Å². The molecule has 2 atom stereocenters. The van der Waals surface area contributed by atoms with E-state index < -0.39 is 23.5 Å². The fourth-order valence-electron chi connectivity index (χ4n) is 2.15. The van der Waals surface area contributed by atoms with Crippen molar-refractivity contribution >= 4 is 23.2 Å². The molecule has 110 valence electrons. The number of halogens is 3. The van der Waals surface area contributed by atoms with Crippen LogP contribution in [-0.4, -0.2) is 31.7 Å². The number of rotatable bonds is 4. The van der Waals surface area contributed by atoms with Gasteiger partial charge in [0, 0.05) is 12.1 Å². The second-order valence-corrected chi connectivity index (χ2v) is 4.95. The topological polar surface area (TPSA) is 50.4 Å². The first-order chi connectivity index (χ1) is 9.52. The lowest BCUT2D eigenvalue weighted by Gasteiger charge is -2.18. The number of hydrogen-bond donors (Lipinski definition) is 2. The summed E-state index contributed by atoms with van der Waals surface area (Å²) in [5.74, 6) is -2.53. The van der Waals surface area contributed by atoms with Crippen molar-refractivity contribution in [1.29, 1.82) is 0 Å². The predicted octanol–water partition coefficient (Wildman–Crippen LogP) is 2.18. The van der Waals surface area contributed by atoms with Gasteiger partial charge in [0.2, 0.25) is 5.91 Å². The number of benzene rings is 1. The van der Waals surface area contributed by atoms with Crippen LogP contribution >= 0.6 is 11.6 Å². The highest BCUT2D eigenvalue weighted by Gasteiger charge is 2.34. The van der Waals surface area contributed by atoms with Crippen molar-refractivity contribution in [2.75, 3.05) is 25.1 Å². The maximum Gasteiger partial charge on any atom is 0.231 e. The molecule has 1 heterocycles. The number of ether oxygens (including phenoxy) is 1. The van der Waals surface area contributed by atoms with Gasteiger partial charge in [-0.3, -0.25) is 4.79 Å². The summed E-state index contributed by atoms with van der Waals surface area (Å²) >= 11 is 5.74. The molecule has 0 bridgehead atoms. The molecule has 2 rings (SSSR count). The Bertz CT molecular complexity index is 490. The second kappa shape index (κ2) is 6.47. The Labute approximate surface area is 120 Å². The Balaban J connectivity index is 2.12. The molecular weight excluding hydrogens is 290 g/mol. The van der Waals surface area contributed by atoms with Crippen LogP contribution in [0.15, 0.2) is 12.1 Å². The van der Waals surface area contributed by atoms with E-state index in [9.17, 15) is 13.6 Å². The second-order valence-electron chi connectivity index (χ2n) is 4.54. The third-order valence-corrected chi connectivity index (χ3v) is 3.44. The van der Waals surface area contributed by atoms with Crippen LogP contribution in [0.3, 0.4) is 0 Å². The number of carbonyl (C=O) groups excluding carboxylic acids is 1. The molecule has 0 radical (unpaired) electrons. The average Bonchev–Trinajstić information content (AvgIpc) is 2.82. The Morgan fingerprint density at radius 1 is 1.45 bits per heavy atom. The van der Waals surface area contributed by atoms with Crippen LogP contribution < -0.4 is 10.6 Å². The van der Waals surface area contributed by atoms with Crippen molar-refractivity contribution in [3.63, 3.8) is 0 Å². The first kappa shape index (κ1) is 15.2. The summed E-state index contributed by atoms with van der Waals surface area (Å²) in [6.07, 6.45) is 0. The lowest BCUT2D eigenvalue weighted by Crippen LogP contribution is -2.41. The third kappa shape index (κ3) is 3.26. The van der Waals surface area contributed by atoms with Gasteiger partial charge in [0.05, 0.1) is 29.8 Å². The molecule has 1 saturated heterocycles. The predicted molar refractivity (Wildman–Crippen MR) is 71.8 cm³/mol. The molecule has 1 fully saturated rings. The van der Waals surface area contributed by atoms with Gasteiger partial charge >= 0.3 is 0 Å². The van der Waals surface area contributed by atoms with Crippen molar-refractivity contribution in [2.45, 2.75) is 13.0 Å². The lowest BCUT2D eigenvalue weighted by atomic mass is 10.0. The maximum atomic E-state index is 13.6. The number of anilines is 1. The van der Waals surface area contributed by atoms with Crippen LogP contribution in [0.2, 0.25) is 5.02 Å². The Hall–Kier alpha value is -1.24. The van der Waals surface area contributed by atoms with Crippen LogP contribution in [0.4, 0.5) is 14.5 Å². The van der Waals surface area contributed by atoms with Gasteiger partial charge < -0.3 is 15.4 Å². The monoisotopic (exact) mass is 304 g/mol. The Morgan fingerprint density at radius 2 is 2.20 bits per heavy atom. The van der Waals surface area contributed by atoms with Crippen molar-refractivity contribution < 1.29 is 18.3 Å². The Morgan fingerprint density at radius 3 is 2.85 bits per heavy atom. The summed E-state index contributed by atoms with van der Waals surface area (Å²) in [6, 6.07) is 1.50. The number of nitrogens with one attached hydrogen (secondary N) is 2. The highest BCUT2D eigenvalue weighted by molar-refractivity contribution is 6.33. The minimum absolute atomic E-state index is 0.123. The first-order valence-electron chi connectivity index (χ1n) is 6.29. The summed E-state index contributed by atoms with van der Waals surface area (Å²) in [7, 11) is 0. The van der Waals surface area contributed by atoms with E-state index in [2.05, 4.69) is 10.6 Å². The molecule has 0 aromatic heterocycles. The van der Waals surface area contributed by atoms with Crippen LogP contribution in [0.5, 0.6) is 0 Å². The normalized spacial score (nSPS) is 22.0. The molecule has 2 N–H and O–H groups in total. The molecule has 1 aromatic rings. The van der Waals surface area contributed by atoms with Gasteiger partial charge in [0.25, 0.3) is 0 Å².